The number of nitrogens with zero attached hydrogens (tertiary/aromatic N) is 1. The van der Waals surface area contributed by atoms with Crippen molar-refractivity contribution < 1.29 is 23.9 Å². The molecular formula is C21H18N2O5S. The molecule has 0 radical (unpaired) electrons. The first-order valence-corrected chi connectivity index (χ1v) is 9.52. The van der Waals surface area contributed by atoms with E-state index in [2.05, 4.69) is 15.0 Å². The molecule has 1 aromatic heterocycles. The lowest BCUT2D eigenvalue weighted by Gasteiger charge is -2.05. The fourth-order valence-corrected chi connectivity index (χ4v) is 3.15. The molecule has 148 valence electrons. The smallest absolute Gasteiger partial charge is 0.338 e. The molecule has 1 heterocycles. The molecule has 0 aliphatic rings. The number of thiazole rings is 1. The predicted octanol–water partition coefficient (Wildman–Crippen LogP) is 3.70. The highest BCUT2D eigenvalue weighted by Crippen LogP contribution is 2.25. The number of esters is 2. The summed E-state index contributed by atoms with van der Waals surface area (Å²) in [4.78, 5) is 39.8. The molecule has 0 fully saturated rings. The van der Waals surface area contributed by atoms with Crippen LogP contribution in [0.2, 0.25) is 0 Å². The van der Waals surface area contributed by atoms with Crippen LogP contribution in [0, 0.1) is 6.92 Å². The summed E-state index contributed by atoms with van der Waals surface area (Å²) in [7, 11) is 1.27. The van der Waals surface area contributed by atoms with Crippen molar-refractivity contribution in [3.63, 3.8) is 0 Å². The number of methoxy groups -OCH3 is 1. The first-order chi connectivity index (χ1) is 14.0. The number of ether oxygens (including phenoxy) is 2. The fraction of sp³-hybridized carbons (Fsp3) is 0.143. The first-order valence-electron chi connectivity index (χ1n) is 8.64. The lowest BCUT2D eigenvalue weighted by atomic mass is 10.1. The Hall–Kier alpha value is -3.52. The number of anilines is 1. The van der Waals surface area contributed by atoms with Crippen molar-refractivity contribution in [2.45, 2.75) is 6.92 Å². The van der Waals surface area contributed by atoms with Gasteiger partial charge in [-0.3, -0.25) is 10.1 Å². The Bertz CT molecular complexity index is 1030. The third-order valence-corrected chi connectivity index (χ3v) is 4.73. The Balaban J connectivity index is 1.53. The number of nitrogens with one attached hydrogen (secondary N) is 1. The summed E-state index contributed by atoms with van der Waals surface area (Å²) in [5.41, 5.74) is 3.40. The number of rotatable bonds is 6. The van der Waals surface area contributed by atoms with Crippen molar-refractivity contribution in [2.24, 2.45) is 0 Å². The Morgan fingerprint density at radius 2 is 1.59 bits per heavy atom. The molecule has 8 heteroatoms. The van der Waals surface area contributed by atoms with Gasteiger partial charge in [-0.05, 0) is 31.2 Å². The lowest BCUT2D eigenvalue weighted by Crippen LogP contribution is -2.20. The quantitative estimate of drug-likeness (QED) is 0.623. The molecule has 0 saturated heterocycles. The minimum atomic E-state index is -0.670. The number of aryl methyl sites for hydroxylation is 1. The fourth-order valence-electron chi connectivity index (χ4n) is 2.42. The van der Waals surface area contributed by atoms with Crippen LogP contribution in [0.4, 0.5) is 5.13 Å². The number of amides is 1. The van der Waals surface area contributed by atoms with Gasteiger partial charge in [0.1, 0.15) is 0 Å². The zero-order valence-electron chi connectivity index (χ0n) is 15.8. The summed E-state index contributed by atoms with van der Waals surface area (Å²) >= 11 is 1.29. The molecule has 0 saturated carbocycles. The van der Waals surface area contributed by atoms with Crippen LogP contribution in [0.15, 0.2) is 53.9 Å². The Morgan fingerprint density at radius 3 is 2.21 bits per heavy atom. The normalized spacial score (nSPS) is 10.3. The van der Waals surface area contributed by atoms with Crippen molar-refractivity contribution >= 4 is 34.3 Å². The second-order valence-corrected chi connectivity index (χ2v) is 6.96. The topological polar surface area (TPSA) is 94.6 Å². The maximum absolute atomic E-state index is 12.0. The molecule has 1 amide bonds. The molecule has 1 N–H and O–H groups in total. The molecule has 0 aliphatic heterocycles. The average molecular weight is 410 g/mol. The van der Waals surface area contributed by atoms with Crippen LogP contribution in [0.3, 0.4) is 0 Å². The van der Waals surface area contributed by atoms with E-state index in [-0.39, 0.29) is 5.56 Å². The van der Waals surface area contributed by atoms with E-state index >= 15 is 0 Å². The van der Waals surface area contributed by atoms with Gasteiger partial charge in [-0.1, -0.05) is 29.8 Å². The first kappa shape index (κ1) is 20.2. The maximum Gasteiger partial charge on any atom is 0.338 e. The molecule has 2 aromatic carbocycles. The van der Waals surface area contributed by atoms with Gasteiger partial charge in [0.05, 0.1) is 23.9 Å². The zero-order valence-corrected chi connectivity index (χ0v) is 16.6. The number of carbonyl (C=O) groups is 3. The number of benzene rings is 2. The lowest BCUT2D eigenvalue weighted by molar-refractivity contribution is -0.119. The van der Waals surface area contributed by atoms with E-state index in [4.69, 9.17) is 4.74 Å². The van der Waals surface area contributed by atoms with Crippen LogP contribution in [-0.2, 0) is 14.3 Å². The molecule has 7 nitrogen and oxygen atoms in total. The van der Waals surface area contributed by atoms with Gasteiger partial charge in [-0.2, -0.15) is 0 Å². The second kappa shape index (κ2) is 9.11. The Labute approximate surface area is 171 Å². The van der Waals surface area contributed by atoms with Crippen molar-refractivity contribution in [1.29, 1.82) is 0 Å². The molecule has 0 bridgehead atoms. The highest BCUT2D eigenvalue weighted by molar-refractivity contribution is 7.14. The van der Waals surface area contributed by atoms with Crippen molar-refractivity contribution in [2.75, 3.05) is 19.0 Å². The van der Waals surface area contributed by atoms with Gasteiger partial charge in [-0.25, -0.2) is 14.6 Å². The van der Waals surface area contributed by atoms with E-state index in [1.165, 1.54) is 42.7 Å². The second-order valence-electron chi connectivity index (χ2n) is 6.10. The standard InChI is InChI=1S/C21H18N2O5S/c1-13-3-5-14(6-4-13)17-12-29-21(22-17)23-18(24)11-28-20(26)16-9-7-15(8-10-16)19(25)27-2/h3-10,12H,11H2,1-2H3,(H,22,23,24). The van der Waals surface area contributed by atoms with Gasteiger partial charge < -0.3 is 9.47 Å². The summed E-state index contributed by atoms with van der Waals surface area (Å²) in [5.74, 6) is -1.66. The van der Waals surface area contributed by atoms with E-state index in [9.17, 15) is 14.4 Å². The molecule has 3 rings (SSSR count). The van der Waals surface area contributed by atoms with Crippen LogP contribution >= 0.6 is 11.3 Å². The van der Waals surface area contributed by atoms with E-state index in [0.717, 1.165) is 16.8 Å². The summed E-state index contributed by atoms with van der Waals surface area (Å²) < 4.78 is 9.60. The SMILES string of the molecule is COC(=O)c1ccc(C(=O)OCC(=O)Nc2nc(-c3ccc(C)cc3)cs2)cc1. The van der Waals surface area contributed by atoms with Gasteiger partial charge in [0.2, 0.25) is 0 Å². The highest BCUT2D eigenvalue weighted by Gasteiger charge is 2.13. The van der Waals surface area contributed by atoms with Gasteiger partial charge >= 0.3 is 11.9 Å². The number of hydrogen-bond acceptors (Lipinski definition) is 7. The minimum Gasteiger partial charge on any atom is -0.465 e. The van der Waals surface area contributed by atoms with Crippen LogP contribution < -0.4 is 5.32 Å². The maximum atomic E-state index is 12.0. The molecule has 3 aromatic rings. The van der Waals surface area contributed by atoms with Crippen LogP contribution in [-0.4, -0.2) is 36.5 Å². The van der Waals surface area contributed by atoms with Crippen molar-refractivity contribution in [3.05, 3.63) is 70.6 Å². The van der Waals surface area contributed by atoms with Crippen molar-refractivity contribution in [3.8, 4) is 11.3 Å². The largest absolute Gasteiger partial charge is 0.465 e. The summed E-state index contributed by atoms with van der Waals surface area (Å²) in [6.07, 6.45) is 0. The van der Waals surface area contributed by atoms with Gasteiger partial charge in [0, 0.05) is 10.9 Å². The number of aromatic nitrogens is 1. The van der Waals surface area contributed by atoms with E-state index in [0.29, 0.717) is 10.7 Å². The third-order valence-electron chi connectivity index (χ3n) is 3.97. The van der Waals surface area contributed by atoms with E-state index in [1.807, 2.05) is 36.6 Å². The number of hydrogen-bond donors (Lipinski definition) is 1. The Kier molecular flexibility index (Phi) is 6.36. The monoisotopic (exact) mass is 410 g/mol. The van der Waals surface area contributed by atoms with Crippen molar-refractivity contribution in [1.82, 2.24) is 4.98 Å². The zero-order chi connectivity index (χ0) is 20.8. The van der Waals surface area contributed by atoms with Gasteiger partial charge in [0.25, 0.3) is 5.91 Å². The molecule has 0 atom stereocenters. The average Bonchev–Trinajstić information content (AvgIpc) is 3.20. The minimum absolute atomic E-state index is 0.223. The van der Waals surface area contributed by atoms with Gasteiger partial charge in [-0.15, -0.1) is 11.3 Å². The molecule has 29 heavy (non-hydrogen) atoms. The third kappa shape index (κ3) is 5.26. The Morgan fingerprint density at radius 1 is 0.966 bits per heavy atom. The van der Waals surface area contributed by atoms with Crippen LogP contribution in [0.5, 0.6) is 0 Å². The highest BCUT2D eigenvalue weighted by atomic mass is 32.1. The molecular weight excluding hydrogens is 392 g/mol. The van der Waals surface area contributed by atoms with Gasteiger partial charge in [0.15, 0.2) is 11.7 Å². The van der Waals surface area contributed by atoms with E-state index < -0.39 is 24.5 Å². The number of carbonyl (C=O) groups excluding carboxylic acids is 3. The summed E-state index contributed by atoms with van der Waals surface area (Å²) in [6.45, 7) is 1.56. The predicted molar refractivity (Wildman–Crippen MR) is 109 cm³/mol. The molecule has 0 aliphatic carbocycles. The van der Waals surface area contributed by atoms with E-state index in [1.54, 1.807) is 0 Å². The summed E-state index contributed by atoms with van der Waals surface area (Å²) in [5, 5.41) is 4.87. The van der Waals surface area contributed by atoms with Crippen LogP contribution in [0.1, 0.15) is 26.3 Å². The molecule has 0 unspecified atom stereocenters. The molecule has 0 spiro atoms. The summed E-state index contributed by atoms with van der Waals surface area (Å²) in [6, 6.07) is 13.7. The van der Waals surface area contributed by atoms with Crippen LogP contribution in [0.25, 0.3) is 11.3 Å².